The van der Waals surface area contributed by atoms with Gasteiger partial charge in [-0.2, -0.15) is 0 Å². The quantitative estimate of drug-likeness (QED) is 0.791. The number of nitrogens with zero attached hydrogens (tertiary/aromatic N) is 4. The monoisotopic (exact) mass is 281 g/mol. The Morgan fingerprint density at radius 2 is 2.47 bits per heavy atom. The number of anilines is 1. The average Bonchev–Trinajstić information content (AvgIpc) is 2.84. The zero-order valence-corrected chi connectivity index (χ0v) is 11.8. The first-order chi connectivity index (χ1) is 9.61. The largest absolute Gasteiger partial charge is 0.377 e. The van der Waals surface area contributed by atoms with Crippen LogP contribution < -0.4 is 4.90 Å². The van der Waals surface area contributed by atoms with Crippen LogP contribution in [0.15, 0.2) is 12.3 Å². The highest BCUT2D eigenvalue weighted by Crippen LogP contribution is 2.25. The first-order valence-electron chi connectivity index (χ1n) is 7.03. The van der Waals surface area contributed by atoms with E-state index in [0.29, 0.717) is 11.8 Å². The number of morpholine rings is 1. The lowest BCUT2D eigenvalue weighted by molar-refractivity contribution is 0.0984. The molecule has 102 valence electrons. The minimum atomic E-state index is -0.556. The van der Waals surface area contributed by atoms with Crippen LogP contribution in [-0.4, -0.2) is 40.1 Å². The maximum absolute atomic E-state index is 7.94. The second kappa shape index (κ2) is 4.98. The Morgan fingerprint density at radius 3 is 3.26 bits per heavy atom. The molecule has 0 bridgehead atoms. The molecule has 3 rings (SSSR count). The van der Waals surface area contributed by atoms with Crippen molar-refractivity contribution in [2.45, 2.75) is 26.3 Å². The fourth-order valence-electron chi connectivity index (χ4n) is 2.44. The molecule has 19 heavy (non-hydrogen) atoms. The van der Waals surface area contributed by atoms with Gasteiger partial charge in [0.2, 0.25) is 0 Å². The summed E-state index contributed by atoms with van der Waals surface area (Å²) in [5.41, 5.74) is 0.740. The van der Waals surface area contributed by atoms with Crippen molar-refractivity contribution in [3.05, 3.63) is 23.2 Å². The molecule has 0 N–H and O–H groups in total. The van der Waals surface area contributed by atoms with Gasteiger partial charge in [-0.3, -0.25) is 4.40 Å². The highest BCUT2D eigenvalue weighted by Gasteiger charge is 2.23. The number of rotatable bonds is 2. The van der Waals surface area contributed by atoms with E-state index in [-0.39, 0.29) is 6.04 Å². The third kappa shape index (κ3) is 2.17. The fraction of sp³-hybridized carbons (Fsp3) is 0.538. The van der Waals surface area contributed by atoms with E-state index in [1.54, 1.807) is 6.20 Å². The molecular weight excluding hydrogens is 264 g/mol. The normalized spacial score (nSPS) is 24.8. The van der Waals surface area contributed by atoms with Gasteiger partial charge in [0, 0.05) is 19.0 Å². The second-order valence-corrected chi connectivity index (χ2v) is 4.99. The second-order valence-electron chi connectivity index (χ2n) is 4.60. The maximum Gasteiger partial charge on any atom is 0.159 e. The van der Waals surface area contributed by atoms with Gasteiger partial charge in [0.05, 0.1) is 26.8 Å². The molecule has 1 aliphatic rings. The van der Waals surface area contributed by atoms with E-state index in [9.17, 15) is 0 Å². The zero-order valence-electron chi connectivity index (χ0n) is 12.0. The molecule has 1 unspecified atom stereocenters. The molecule has 2 atom stereocenters. The van der Waals surface area contributed by atoms with Crippen molar-refractivity contribution in [1.29, 1.82) is 0 Å². The van der Waals surface area contributed by atoms with Crippen molar-refractivity contribution < 1.29 is 6.11 Å². The van der Waals surface area contributed by atoms with Gasteiger partial charge in [0.25, 0.3) is 0 Å². The minimum Gasteiger partial charge on any atom is -0.377 e. The lowest BCUT2D eigenvalue weighted by Crippen LogP contribution is -2.44. The summed E-state index contributed by atoms with van der Waals surface area (Å²) in [6, 6.07) is 1.79. The van der Waals surface area contributed by atoms with Crippen LogP contribution in [0.5, 0.6) is 0 Å². The minimum absolute atomic E-state index is 0.0440. The van der Waals surface area contributed by atoms with E-state index in [2.05, 4.69) is 21.8 Å². The van der Waals surface area contributed by atoms with Gasteiger partial charge in [0.15, 0.2) is 5.65 Å². The number of ether oxygens (including phenoxy) is 1. The van der Waals surface area contributed by atoms with Crippen LogP contribution in [0.25, 0.3) is 5.65 Å². The predicted molar refractivity (Wildman–Crippen MR) is 75.0 cm³/mol. The van der Waals surface area contributed by atoms with E-state index in [1.165, 1.54) is 0 Å². The number of aromatic nitrogens is 3. The summed E-state index contributed by atoms with van der Waals surface area (Å²) in [6.07, 6.45) is 2.55. The number of aryl methyl sites for hydroxylation is 1. The Labute approximate surface area is 118 Å². The van der Waals surface area contributed by atoms with Gasteiger partial charge in [0.1, 0.15) is 16.8 Å². The average molecular weight is 282 g/mol. The third-order valence-corrected chi connectivity index (χ3v) is 3.55. The Balaban J connectivity index is 2.16. The molecule has 1 aliphatic heterocycles. The number of fused-ring (bicyclic) bond motifs is 1. The molecule has 0 amide bonds. The Kier molecular flexibility index (Phi) is 3.01. The van der Waals surface area contributed by atoms with Crippen LogP contribution in [-0.2, 0) is 11.2 Å². The van der Waals surface area contributed by atoms with Gasteiger partial charge in [-0.25, -0.2) is 9.97 Å². The smallest absolute Gasteiger partial charge is 0.159 e. The van der Waals surface area contributed by atoms with Gasteiger partial charge in [-0.1, -0.05) is 18.5 Å². The molecule has 1 saturated heterocycles. The fourth-order valence-corrected chi connectivity index (χ4v) is 2.62. The highest BCUT2D eigenvalue weighted by atomic mass is 35.5. The van der Waals surface area contributed by atoms with E-state index < -0.39 is 6.58 Å². The number of halogens is 1. The van der Waals surface area contributed by atoms with E-state index in [4.69, 9.17) is 17.7 Å². The Bertz CT molecular complexity index is 632. The topological polar surface area (TPSA) is 42.7 Å². The lowest BCUT2D eigenvalue weighted by Gasteiger charge is -2.35. The van der Waals surface area contributed by atoms with Crippen molar-refractivity contribution >= 4 is 23.1 Å². The van der Waals surface area contributed by atoms with E-state index in [1.807, 2.05) is 17.4 Å². The number of hydrogen-bond donors (Lipinski definition) is 0. The summed E-state index contributed by atoms with van der Waals surface area (Å²) in [5.74, 6) is 1.88. The molecule has 2 aromatic heterocycles. The van der Waals surface area contributed by atoms with Crippen molar-refractivity contribution in [2.24, 2.45) is 0 Å². The molecule has 0 aliphatic carbocycles. The molecule has 0 radical (unpaired) electrons. The molecule has 6 heteroatoms. The maximum atomic E-state index is 7.94. The van der Waals surface area contributed by atoms with E-state index in [0.717, 1.165) is 30.3 Å². The summed E-state index contributed by atoms with van der Waals surface area (Å²) in [6.45, 7) is 4.76. The summed E-state index contributed by atoms with van der Waals surface area (Å²) >= 11 is 6.12. The first kappa shape index (κ1) is 11.5. The first-order valence-corrected chi connectivity index (χ1v) is 6.83. The molecule has 2 aromatic rings. The number of imidazole rings is 1. The molecule has 0 aromatic carbocycles. The molecule has 1 fully saturated rings. The SMILES string of the molecule is [2H]C1OCCN(c2cc(Cl)nc3cnc(CC)n23)[C@@H]1C. The van der Waals surface area contributed by atoms with Gasteiger partial charge in [-0.05, 0) is 6.92 Å². The molecular formula is C13H17ClN4O. The van der Waals surface area contributed by atoms with Crippen LogP contribution in [0.2, 0.25) is 5.15 Å². The zero-order chi connectivity index (χ0) is 14.3. The van der Waals surface area contributed by atoms with E-state index >= 15 is 0 Å². The predicted octanol–water partition coefficient (Wildman–Crippen LogP) is 2.17. The standard InChI is InChI=1S/C13H17ClN4O/c1-3-11-15-7-12-16-10(14)6-13(18(11)12)17-4-5-19-8-9(17)2/h6-7,9H,3-5,8H2,1-2H3/t9-/m1/s1/i8D/t8?,9-. The molecule has 0 spiro atoms. The summed E-state index contributed by atoms with van der Waals surface area (Å²) in [5, 5.41) is 0.440. The van der Waals surface area contributed by atoms with Gasteiger partial charge >= 0.3 is 0 Å². The molecule has 3 heterocycles. The number of hydrogen-bond acceptors (Lipinski definition) is 4. The van der Waals surface area contributed by atoms with Crippen LogP contribution in [0.4, 0.5) is 5.82 Å². The van der Waals surface area contributed by atoms with Crippen LogP contribution in [0, 0.1) is 0 Å². The Morgan fingerprint density at radius 1 is 1.63 bits per heavy atom. The molecule has 5 nitrogen and oxygen atoms in total. The van der Waals surface area contributed by atoms with Crippen molar-refractivity contribution in [3.8, 4) is 0 Å². The highest BCUT2D eigenvalue weighted by molar-refractivity contribution is 6.29. The van der Waals surface area contributed by atoms with Crippen LogP contribution >= 0.6 is 11.6 Å². The molecule has 0 saturated carbocycles. The summed E-state index contributed by atoms with van der Waals surface area (Å²) in [4.78, 5) is 10.8. The lowest BCUT2D eigenvalue weighted by atomic mass is 10.2. The third-order valence-electron chi connectivity index (χ3n) is 3.36. The summed E-state index contributed by atoms with van der Waals surface area (Å²) in [7, 11) is 0. The van der Waals surface area contributed by atoms with Crippen molar-refractivity contribution in [1.82, 2.24) is 14.4 Å². The van der Waals surface area contributed by atoms with Gasteiger partial charge in [-0.15, -0.1) is 0 Å². The Hall–Kier alpha value is -1.33. The van der Waals surface area contributed by atoms with Gasteiger partial charge < -0.3 is 9.64 Å². The summed E-state index contributed by atoms with van der Waals surface area (Å²) < 4.78 is 15.3. The van der Waals surface area contributed by atoms with Crippen molar-refractivity contribution in [2.75, 3.05) is 24.6 Å². The van der Waals surface area contributed by atoms with Crippen LogP contribution in [0.1, 0.15) is 21.0 Å². The van der Waals surface area contributed by atoms with Crippen LogP contribution in [0.3, 0.4) is 0 Å². The van der Waals surface area contributed by atoms with Crippen molar-refractivity contribution in [3.63, 3.8) is 0 Å².